The molecule has 0 bridgehead atoms. The molecule has 6 unspecified atom stereocenters. The van der Waals surface area contributed by atoms with Crippen LogP contribution in [0.2, 0.25) is 0 Å². The molecule has 186 valence electrons. The minimum Gasteiger partial charge on any atom is -0.504 e. The Kier molecular flexibility index (Phi) is 4.99. The number of aliphatic hydroxyl groups is 1. The predicted molar refractivity (Wildman–Crippen MR) is 133 cm³/mol. The number of allylic oxidation sites excluding steroid dienone is 5. The first-order valence-corrected chi connectivity index (χ1v) is 13.2. The molecule has 3 fully saturated rings. The average Bonchev–Trinajstić information content (AvgIpc) is 2.77. The number of hydrogen-bond acceptors (Lipinski definition) is 4. The topological polar surface area (TPSA) is 63.6 Å². The number of carbonyl (C=O) groups is 2. The lowest BCUT2D eigenvalue weighted by atomic mass is 9.36. The number of ether oxygens (including phenoxy) is 1. The van der Waals surface area contributed by atoms with Gasteiger partial charge in [0.25, 0.3) is 0 Å². The molecule has 4 heteroatoms. The van der Waals surface area contributed by atoms with Crippen molar-refractivity contribution in [2.24, 2.45) is 38.9 Å². The van der Waals surface area contributed by atoms with Gasteiger partial charge in [-0.3, -0.25) is 9.59 Å². The number of esters is 1. The number of Topliss-reactive ketones (excluding diaryl/α,β-unsaturated/α-hetero) is 1. The third kappa shape index (κ3) is 2.77. The van der Waals surface area contributed by atoms with Crippen molar-refractivity contribution in [1.82, 2.24) is 0 Å². The molecule has 3 saturated carbocycles. The summed E-state index contributed by atoms with van der Waals surface area (Å²) in [4.78, 5) is 25.9. The molecular formula is C30H42O4. The minimum atomic E-state index is -0.394. The number of hydrogen-bond donors (Lipinski definition) is 1. The van der Waals surface area contributed by atoms with Crippen LogP contribution in [0.5, 0.6) is 0 Å². The van der Waals surface area contributed by atoms with E-state index in [9.17, 15) is 14.7 Å². The fraction of sp³-hybridized carbons (Fsp3) is 0.733. The molecule has 0 heterocycles. The molecule has 5 aliphatic rings. The van der Waals surface area contributed by atoms with E-state index in [4.69, 9.17) is 4.74 Å². The summed E-state index contributed by atoms with van der Waals surface area (Å²) in [5, 5.41) is 10.6. The largest absolute Gasteiger partial charge is 0.504 e. The van der Waals surface area contributed by atoms with Crippen LogP contribution in [-0.4, -0.2) is 24.0 Å². The van der Waals surface area contributed by atoms with Crippen molar-refractivity contribution in [3.63, 3.8) is 0 Å². The summed E-state index contributed by atoms with van der Waals surface area (Å²) in [5.41, 5.74) is 2.96. The van der Waals surface area contributed by atoms with Gasteiger partial charge in [0.15, 0.2) is 5.76 Å². The zero-order valence-electron chi connectivity index (χ0n) is 22.1. The molecule has 0 aromatic heterocycles. The van der Waals surface area contributed by atoms with Gasteiger partial charge in [-0.25, -0.2) is 0 Å². The molecule has 0 saturated heterocycles. The lowest BCUT2D eigenvalue weighted by Gasteiger charge is -2.67. The van der Waals surface area contributed by atoms with Crippen molar-refractivity contribution >= 4 is 11.8 Å². The highest BCUT2D eigenvalue weighted by Gasteiger charge is 2.67. The molecule has 0 amide bonds. The maximum absolute atomic E-state index is 13.3. The third-order valence-corrected chi connectivity index (χ3v) is 11.7. The summed E-state index contributed by atoms with van der Waals surface area (Å²) in [6.07, 6.45) is 12.1. The number of ketones is 1. The van der Waals surface area contributed by atoms with Gasteiger partial charge in [0.05, 0.1) is 12.5 Å². The normalized spacial score (nSPS) is 45.2. The van der Waals surface area contributed by atoms with Gasteiger partial charge in [-0.1, -0.05) is 51.8 Å². The monoisotopic (exact) mass is 466 g/mol. The van der Waals surface area contributed by atoms with Gasteiger partial charge < -0.3 is 9.84 Å². The molecule has 1 N–H and O–H groups in total. The quantitative estimate of drug-likeness (QED) is 0.338. The SMILES string of the molecule is COC(=O)C12CCC(C)(C)CC1C1=CCC3C4(C)C=C(O)C(=O)C(C)=C4CCC3(C)C1(C)CC2. The summed E-state index contributed by atoms with van der Waals surface area (Å²) >= 11 is 0. The summed E-state index contributed by atoms with van der Waals surface area (Å²) in [7, 11) is 1.55. The molecule has 0 aromatic carbocycles. The van der Waals surface area contributed by atoms with E-state index in [1.807, 2.05) is 13.0 Å². The van der Waals surface area contributed by atoms with E-state index in [1.54, 1.807) is 7.11 Å². The van der Waals surface area contributed by atoms with Crippen LogP contribution in [0.1, 0.15) is 92.9 Å². The van der Waals surface area contributed by atoms with Crippen LogP contribution in [0.3, 0.4) is 0 Å². The maximum Gasteiger partial charge on any atom is 0.312 e. The first-order chi connectivity index (χ1) is 15.8. The highest BCUT2D eigenvalue weighted by molar-refractivity contribution is 6.08. The molecule has 0 aliphatic heterocycles. The highest BCUT2D eigenvalue weighted by Crippen LogP contribution is 2.74. The van der Waals surface area contributed by atoms with Crippen LogP contribution in [0, 0.1) is 38.9 Å². The van der Waals surface area contributed by atoms with E-state index in [1.165, 1.54) is 11.1 Å². The van der Waals surface area contributed by atoms with E-state index in [0.717, 1.165) is 56.9 Å². The van der Waals surface area contributed by atoms with E-state index >= 15 is 0 Å². The third-order valence-electron chi connectivity index (χ3n) is 11.7. The van der Waals surface area contributed by atoms with E-state index in [2.05, 4.69) is 40.7 Å². The maximum atomic E-state index is 13.3. The lowest BCUT2D eigenvalue weighted by molar-refractivity contribution is -0.169. The molecule has 5 aliphatic carbocycles. The molecule has 0 aromatic rings. The standard InChI is InChI=1S/C30H42O4/c1-18-19-10-11-29(6)23(27(19,4)17-22(31)24(18)32)9-8-20-21-16-26(2,3)12-14-30(21,25(33)34-7)15-13-28(20,29)5/h8,17,21,23,31H,9-16H2,1-7H3. The number of methoxy groups -OCH3 is 1. The highest BCUT2D eigenvalue weighted by atomic mass is 16.5. The van der Waals surface area contributed by atoms with Crippen molar-refractivity contribution < 1.29 is 19.4 Å². The lowest BCUT2D eigenvalue weighted by Crippen LogP contribution is -2.61. The van der Waals surface area contributed by atoms with Crippen LogP contribution < -0.4 is 0 Å². The summed E-state index contributed by atoms with van der Waals surface area (Å²) in [5.74, 6) is 0.224. The zero-order chi connectivity index (χ0) is 24.9. The second-order valence-corrected chi connectivity index (χ2v) is 13.5. The second kappa shape index (κ2) is 7.11. The number of aliphatic hydroxyl groups excluding tert-OH is 1. The van der Waals surface area contributed by atoms with Gasteiger partial charge in [-0.2, -0.15) is 0 Å². The summed E-state index contributed by atoms with van der Waals surface area (Å²) in [6.45, 7) is 13.7. The Balaban J connectivity index is 1.65. The van der Waals surface area contributed by atoms with Gasteiger partial charge in [-0.15, -0.1) is 0 Å². The first kappa shape index (κ1) is 23.9. The van der Waals surface area contributed by atoms with Crippen LogP contribution >= 0.6 is 0 Å². The number of fused-ring (bicyclic) bond motifs is 7. The van der Waals surface area contributed by atoms with Crippen molar-refractivity contribution in [3.8, 4) is 0 Å². The molecule has 6 atom stereocenters. The van der Waals surface area contributed by atoms with E-state index < -0.39 is 5.41 Å². The predicted octanol–water partition coefficient (Wildman–Crippen LogP) is 6.87. The minimum absolute atomic E-state index is 0.0150. The van der Waals surface area contributed by atoms with E-state index in [-0.39, 0.29) is 45.1 Å². The zero-order valence-corrected chi connectivity index (χ0v) is 22.1. The fourth-order valence-electron chi connectivity index (χ4n) is 9.40. The Morgan fingerprint density at radius 3 is 2.41 bits per heavy atom. The molecule has 34 heavy (non-hydrogen) atoms. The summed E-state index contributed by atoms with van der Waals surface area (Å²) < 4.78 is 5.44. The van der Waals surface area contributed by atoms with Crippen molar-refractivity contribution in [1.29, 1.82) is 0 Å². The molecule has 4 nitrogen and oxygen atoms in total. The summed E-state index contributed by atoms with van der Waals surface area (Å²) in [6, 6.07) is 0. The van der Waals surface area contributed by atoms with E-state index in [0.29, 0.717) is 5.92 Å². The fourth-order valence-corrected chi connectivity index (χ4v) is 9.40. The molecule has 0 radical (unpaired) electrons. The number of carbonyl (C=O) groups excluding carboxylic acids is 2. The Labute approximate surface area is 204 Å². The van der Waals surface area contributed by atoms with Crippen LogP contribution in [0.15, 0.2) is 34.6 Å². The van der Waals surface area contributed by atoms with Crippen LogP contribution in [0.4, 0.5) is 0 Å². The smallest absolute Gasteiger partial charge is 0.312 e. The van der Waals surface area contributed by atoms with Gasteiger partial charge >= 0.3 is 5.97 Å². The van der Waals surface area contributed by atoms with Crippen LogP contribution in [-0.2, 0) is 14.3 Å². The molecular weight excluding hydrogens is 424 g/mol. The second-order valence-electron chi connectivity index (χ2n) is 13.5. The van der Waals surface area contributed by atoms with Gasteiger partial charge in [-0.05, 0) is 92.4 Å². The van der Waals surface area contributed by atoms with Gasteiger partial charge in [0, 0.05) is 11.0 Å². The Morgan fingerprint density at radius 1 is 1.06 bits per heavy atom. The van der Waals surface area contributed by atoms with Gasteiger partial charge in [0.2, 0.25) is 5.78 Å². The van der Waals surface area contributed by atoms with Crippen molar-refractivity contribution in [3.05, 3.63) is 34.6 Å². The Hall–Kier alpha value is -1.84. The molecule has 5 rings (SSSR count). The first-order valence-electron chi connectivity index (χ1n) is 13.2. The Bertz CT molecular complexity index is 1060. The van der Waals surface area contributed by atoms with Crippen LogP contribution in [0.25, 0.3) is 0 Å². The average molecular weight is 467 g/mol. The van der Waals surface area contributed by atoms with Gasteiger partial charge in [0.1, 0.15) is 0 Å². The van der Waals surface area contributed by atoms with Crippen molar-refractivity contribution in [2.45, 2.75) is 92.9 Å². The number of rotatable bonds is 1. The Morgan fingerprint density at radius 2 is 1.74 bits per heavy atom. The molecule has 0 spiro atoms. The van der Waals surface area contributed by atoms with Crippen molar-refractivity contribution in [2.75, 3.05) is 7.11 Å².